The zero-order valence-corrected chi connectivity index (χ0v) is 18.0. The van der Waals surface area contributed by atoms with Crippen LogP contribution >= 0.6 is 0 Å². The standard InChI is InChI=1S/C23H32O6/c1-16-12-19-18(20(13-16)22(24)25)14-17(23(2,3)4)15-21(19)29-11-10-28-9-8-27-7-6-26-5/h12-15H,6-11H2,1-5H3,(H,24,25). The van der Waals surface area contributed by atoms with Gasteiger partial charge in [0.1, 0.15) is 12.4 Å². The molecule has 6 nitrogen and oxygen atoms in total. The van der Waals surface area contributed by atoms with Crippen molar-refractivity contribution >= 4 is 16.7 Å². The molecule has 0 aliphatic carbocycles. The predicted octanol–water partition coefficient (Wildman–Crippen LogP) is 4.20. The van der Waals surface area contributed by atoms with Gasteiger partial charge < -0.3 is 24.1 Å². The number of aromatic carboxylic acids is 1. The Morgan fingerprint density at radius 1 is 0.897 bits per heavy atom. The normalized spacial score (nSPS) is 11.8. The minimum Gasteiger partial charge on any atom is -0.491 e. The van der Waals surface area contributed by atoms with Crippen LogP contribution in [0.3, 0.4) is 0 Å². The molecule has 2 rings (SSSR count). The molecule has 0 aliphatic heterocycles. The van der Waals surface area contributed by atoms with Crippen LogP contribution in [-0.2, 0) is 19.6 Å². The number of methoxy groups -OCH3 is 1. The maximum atomic E-state index is 11.8. The molecule has 0 bridgehead atoms. The Hall–Kier alpha value is -2.15. The molecule has 6 heteroatoms. The van der Waals surface area contributed by atoms with Crippen LogP contribution in [0.15, 0.2) is 24.3 Å². The fraction of sp³-hybridized carbons (Fsp3) is 0.522. The first-order chi connectivity index (χ1) is 13.7. The Balaban J connectivity index is 2.14. The summed E-state index contributed by atoms with van der Waals surface area (Å²) in [6.45, 7) is 11.1. The van der Waals surface area contributed by atoms with E-state index >= 15 is 0 Å². The third kappa shape index (κ3) is 6.70. The molecule has 0 spiro atoms. The van der Waals surface area contributed by atoms with E-state index in [0.29, 0.717) is 56.3 Å². The van der Waals surface area contributed by atoms with E-state index in [1.165, 1.54) is 0 Å². The molecule has 0 aliphatic rings. The van der Waals surface area contributed by atoms with E-state index in [4.69, 9.17) is 18.9 Å². The predicted molar refractivity (Wildman–Crippen MR) is 113 cm³/mol. The number of fused-ring (bicyclic) bond motifs is 1. The second kappa shape index (κ2) is 10.6. The van der Waals surface area contributed by atoms with Crippen molar-refractivity contribution in [1.82, 2.24) is 0 Å². The van der Waals surface area contributed by atoms with Crippen LogP contribution in [0.2, 0.25) is 0 Å². The van der Waals surface area contributed by atoms with Gasteiger partial charge in [0.05, 0.1) is 38.6 Å². The van der Waals surface area contributed by atoms with E-state index in [1.54, 1.807) is 13.2 Å². The van der Waals surface area contributed by atoms with E-state index in [2.05, 4.69) is 20.8 Å². The topological polar surface area (TPSA) is 74.2 Å². The fourth-order valence-electron chi connectivity index (χ4n) is 2.98. The highest BCUT2D eigenvalue weighted by Gasteiger charge is 2.20. The number of aryl methyl sites for hydroxylation is 1. The van der Waals surface area contributed by atoms with E-state index in [9.17, 15) is 9.90 Å². The van der Waals surface area contributed by atoms with Gasteiger partial charge in [0.2, 0.25) is 0 Å². The van der Waals surface area contributed by atoms with Crippen molar-refractivity contribution in [3.05, 3.63) is 41.0 Å². The summed E-state index contributed by atoms with van der Waals surface area (Å²) < 4.78 is 21.8. The SMILES string of the molecule is COCCOCCOCCOc1cc(C(C)(C)C)cc2c(C(=O)O)cc(C)cc12. The quantitative estimate of drug-likeness (QED) is 0.566. The van der Waals surface area contributed by atoms with Gasteiger partial charge in [0.25, 0.3) is 0 Å². The Kier molecular flexibility index (Phi) is 8.44. The molecular formula is C23H32O6. The average molecular weight is 405 g/mol. The van der Waals surface area contributed by atoms with Crippen LogP contribution < -0.4 is 4.74 Å². The fourth-order valence-corrected chi connectivity index (χ4v) is 2.98. The van der Waals surface area contributed by atoms with Gasteiger partial charge in [-0.1, -0.05) is 20.8 Å². The number of rotatable bonds is 11. The van der Waals surface area contributed by atoms with Crippen LogP contribution in [0.1, 0.15) is 42.3 Å². The van der Waals surface area contributed by atoms with Gasteiger partial charge in [0, 0.05) is 17.9 Å². The van der Waals surface area contributed by atoms with Crippen molar-refractivity contribution in [3.8, 4) is 5.75 Å². The number of hydrogen-bond acceptors (Lipinski definition) is 5. The Bertz CT molecular complexity index is 822. The summed E-state index contributed by atoms with van der Waals surface area (Å²) in [5.74, 6) is -0.258. The maximum Gasteiger partial charge on any atom is 0.336 e. The van der Waals surface area contributed by atoms with Crippen LogP contribution in [0.25, 0.3) is 10.8 Å². The lowest BCUT2D eigenvalue weighted by Gasteiger charge is -2.22. The Labute approximate surface area is 172 Å². The lowest BCUT2D eigenvalue weighted by Crippen LogP contribution is -2.14. The molecule has 0 saturated heterocycles. The molecule has 160 valence electrons. The van der Waals surface area contributed by atoms with E-state index in [-0.39, 0.29) is 5.41 Å². The van der Waals surface area contributed by atoms with Crippen molar-refractivity contribution in [2.45, 2.75) is 33.1 Å². The monoisotopic (exact) mass is 404 g/mol. The third-order valence-corrected chi connectivity index (χ3v) is 4.56. The summed E-state index contributed by atoms with van der Waals surface area (Å²) >= 11 is 0. The van der Waals surface area contributed by atoms with Crippen LogP contribution in [-0.4, -0.2) is 57.8 Å². The lowest BCUT2D eigenvalue weighted by atomic mass is 9.84. The van der Waals surface area contributed by atoms with Gasteiger partial charge in [-0.25, -0.2) is 4.79 Å². The first-order valence-electron chi connectivity index (χ1n) is 9.83. The average Bonchev–Trinajstić information content (AvgIpc) is 2.65. The maximum absolute atomic E-state index is 11.8. The number of carbonyl (C=O) groups is 1. The first-order valence-corrected chi connectivity index (χ1v) is 9.83. The molecule has 1 N–H and O–H groups in total. The van der Waals surface area contributed by atoms with Crippen molar-refractivity contribution in [2.24, 2.45) is 0 Å². The zero-order chi connectivity index (χ0) is 21.4. The molecule has 0 heterocycles. The Morgan fingerprint density at radius 2 is 1.52 bits per heavy atom. The molecule has 0 saturated carbocycles. The van der Waals surface area contributed by atoms with Crippen molar-refractivity contribution in [2.75, 3.05) is 46.8 Å². The van der Waals surface area contributed by atoms with Gasteiger partial charge in [-0.15, -0.1) is 0 Å². The number of benzene rings is 2. The van der Waals surface area contributed by atoms with Gasteiger partial charge >= 0.3 is 5.97 Å². The molecule has 2 aromatic rings. The van der Waals surface area contributed by atoms with E-state index < -0.39 is 5.97 Å². The number of carboxylic acid groups (broad SMARTS) is 1. The highest BCUT2D eigenvalue weighted by molar-refractivity contribution is 6.06. The second-order valence-corrected chi connectivity index (χ2v) is 8.00. The summed E-state index contributed by atoms with van der Waals surface area (Å²) in [4.78, 5) is 11.8. The largest absolute Gasteiger partial charge is 0.491 e. The highest BCUT2D eigenvalue weighted by Crippen LogP contribution is 2.35. The first kappa shape index (κ1) is 23.1. The smallest absolute Gasteiger partial charge is 0.336 e. The molecular weight excluding hydrogens is 372 g/mol. The summed E-state index contributed by atoms with van der Waals surface area (Å²) in [6.07, 6.45) is 0. The number of ether oxygens (including phenoxy) is 4. The second-order valence-electron chi connectivity index (χ2n) is 8.00. The van der Waals surface area contributed by atoms with Crippen LogP contribution in [0.5, 0.6) is 5.75 Å². The minimum absolute atomic E-state index is 0.136. The van der Waals surface area contributed by atoms with Gasteiger partial charge in [-0.2, -0.15) is 0 Å². The molecule has 0 amide bonds. The summed E-state index contributed by atoms with van der Waals surface area (Å²) in [7, 11) is 1.64. The minimum atomic E-state index is -0.937. The molecule has 0 atom stereocenters. The van der Waals surface area contributed by atoms with Crippen molar-refractivity contribution < 1.29 is 28.8 Å². The summed E-state index contributed by atoms with van der Waals surface area (Å²) in [6, 6.07) is 7.63. The molecule has 0 radical (unpaired) electrons. The Morgan fingerprint density at radius 3 is 2.10 bits per heavy atom. The molecule has 0 fully saturated rings. The van der Waals surface area contributed by atoms with Gasteiger partial charge in [-0.05, 0) is 47.7 Å². The zero-order valence-electron chi connectivity index (χ0n) is 18.0. The molecule has 0 unspecified atom stereocenters. The summed E-state index contributed by atoms with van der Waals surface area (Å²) in [5, 5.41) is 11.2. The molecule has 2 aromatic carbocycles. The number of hydrogen-bond donors (Lipinski definition) is 1. The van der Waals surface area contributed by atoms with Crippen molar-refractivity contribution in [3.63, 3.8) is 0 Å². The van der Waals surface area contributed by atoms with E-state index in [1.807, 2.05) is 25.1 Å². The lowest BCUT2D eigenvalue weighted by molar-refractivity contribution is 0.0180. The highest BCUT2D eigenvalue weighted by atomic mass is 16.6. The van der Waals surface area contributed by atoms with Gasteiger partial charge in [-0.3, -0.25) is 0 Å². The van der Waals surface area contributed by atoms with Gasteiger partial charge in [0.15, 0.2) is 0 Å². The van der Waals surface area contributed by atoms with E-state index in [0.717, 1.165) is 16.5 Å². The molecule has 0 aromatic heterocycles. The summed E-state index contributed by atoms with van der Waals surface area (Å²) in [5.41, 5.74) is 2.06. The van der Waals surface area contributed by atoms with Crippen LogP contribution in [0.4, 0.5) is 0 Å². The third-order valence-electron chi connectivity index (χ3n) is 4.56. The van der Waals surface area contributed by atoms with Crippen LogP contribution in [0, 0.1) is 6.92 Å². The molecule has 29 heavy (non-hydrogen) atoms. The number of carboxylic acids is 1. The van der Waals surface area contributed by atoms with Crippen molar-refractivity contribution in [1.29, 1.82) is 0 Å².